The minimum absolute atomic E-state index is 0.0501. The number of nitrogens with one attached hydrogen (secondary N) is 2. The van der Waals surface area contributed by atoms with E-state index in [1.54, 1.807) is 6.20 Å². The second kappa shape index (κ2) is 8.19. The summed E-state index contributed by atoms with van der Waals surface area (Å²) in [6, 6.07) is 12.2. The maximum Gasteiger partial charge on any atom is 0.287 e. The number of hydrogen-bond acceptors (Lipinski definition) is 6. The number of hydrogen-bond donors (Lipinski definition) is 2. The van der Waals surface area contributed by atoms with Gasteiger partial charge in [-0.2, -0.15) is 9.40 Å². The van der Waals surface area contributed by atoms with E-state index in [0.29, 0.717) is 13.2 Å². The summed E-state index contributed by atoms with van der Waals surface area (Å²) in [6.45, 7) is 1.49. The number of ether oxygens (including phenoxy) is 1. The molecule has 0 unspecified atom stereocenters. The van der Waals surface area contributed by atoms with Crippen molar-refractivity contribution in [1.29, 1.82) is 0 Å². The van der Waals surface area contributed by atoms with E-state index in [1.807, 2.05) is 30.3 Å². The van der Waals surface area contributed by atoms with E-state index in [0.717, 1.165) is 16.8 Å². The number of aromatic amines is 1. The van der Waals surface area contributed by atoms with E-state index in [-0.39, 0.29) is 30.5 Å². The molecule has 0 saturated carbocycles. The number of rotatable bonds is 6. The van der Waals surface area contributed by atoms with Gasteiger partial charge in [-0.3, -0.25) is 9.89 Å². The Kier molecular flexibility index (Phi) is 5.47. The number of aromatic nitrogens is 2. The Bertz CT molecular complexity index is 1070. The molecule has 1 aromatic carbocycles. The van der Waals surface area contributed by atoms with Crippen LogP contribution in [0.25, 0.3) is 11.3 Å². The third-order valence-electron chi connectivity index (χ3n) is 4.59. The predicted octanol–water partition coefficient (Wildman–Crippen LogP) is 1.62. The van der Waals surface area contributed by atoms with Crippen molar-refractivity contribution >= 4 is 15.9 Å². The fourth-order valence-electron chi connectivity index (χ4n) is 2.98. The first-order valence-electron chi connectivity index (χ1n) is 9.09. The highest BCUT2D eigenvalue weighted by Crippen LogP contribution is 2.20. The van der Waals surface area contributed by atoms with Gasteiger partial charge in [-0.25, -0.2) is 8.42 Å². The number of furan rings is 1. The SMILES string of the molecule is O=C(NCc1ccc(-c2ccn[nH]2)cc1)c1ccc(S(=O)(=O)N2CCOCC2)o1. The van der Waals surface area contributed by atoms with Gasteiger partial charge in [0.05, 0.1) is 18.9 Å². The maximum atomic E-state index is 12.6. The van der Waals surface area contributed by atoms with Gasteiger partial charge >= 0.3 is 0 Å². The lowest BCUT2D eigenvalue weighted by Crippen LogP contribution is -2.40. The van der Waals surface area contributed by atoms with E-state index < -0.39 is 15.9 Å². The summed E-state index contributed by atoms with van der Waals surface area (Å²) in [5.74, 6) is -0.531. The van der Waals surface area contributed by atoms with Crippen LogP contribution in [0, 0.1) is 0 Å². The quantitative estimate of drug-likeness (QED) is 0.631. The number of benzene rings is 1. The zero-order chi connectivity index (χ0) is 20.3. The van der Waals surface area contributed by atoms with Crippen LogP contribution < -0.4 is 5.32 Å². The molecule has 0 radical (unpaired) electrons. The summed E-state index contributed by atoms with van der Waals surface area (Å²) in [7, 11) is -3.77. The zero-order valence-corrected chi connectivity index (χ0v) is 16.3. The Balaban J connectivity index is 1.38. The molecule has 1 aliphatic rings. The Morgan fingerprint density at radius 2 is 1.86 bits per heavy atom. The number of carbonyl (C=O) groups excluding carboxylic acids is 1. The number of amides is 1. The number of carbonyl (C=O) groups is 1. The fraction of sp³-hybridized carbons (Fsp3) is 0.263. The van der Waals surface area contributed by atoms with E-state index in [1.165, 1.54) is 16.4 Å². The lowest BCUT2D eigenvalue weighted by atomic mass is 10.1. The minimum Gasteiger partial charge on any atom is -0.438 e. The Morgan fingerprint density at radius 3 is 2.55 bits per heavy atom. The summed E-state index contributed by atoms with van der Waals surface area (Å²) in [6.07, 6.45) is 1.68. The molecule has 29 heavy (non-hydrogen) atoms. The van der Waals surface area contributed by atoms with Gasteiger partial charge in [0.2, 0.25) is 5.09 Å². The van der Waals surface area contributed by atoms with Crippen LogP contribution in [-0.2, 0) is 21.3 Å². The van der Waals surface area contributed by atoms with Gasteiger partial charge in [0.1, 0.15) is 0 Å². The van der Waals surface area contributed by atoms with Gasteiger partial charge < -0.3 is 14.5 Å². The first kappa shape index (κ1) is 19.4. The lowest BCUT2D eigenvalue weighted by molar-refractivity contribution is 0.0722. The molecule has 1 aliphatic heterocycles. The molecule has 3 heterocycles. The molecular formula is C19H20N4O5S. The van der Waals surface area contributed by atoms with E-state index in [2.05, 4.69) is 15.5 Å². The normalized spacial score (nSPS) is 15.3. The monoisotopic (exact) mass is 416 g/mol. The fourth-order valence-corrected chi connectivity index (χ4v) is 4.30. The number of morpholine rings is 1. The molecule has 2 aromatic heterocycles. The maximum absolute atomic E-state index is 12.6. The third kappa shape index (κ3) is 4.24. The average Bonchev–Trinajstić information content (AvgIpc) is 3.46. The van der Waals surface area contributed by atoms with Crippen LogP contribution in [0.2, 0.25) is 0 Å². The molecular weight excluding hydrogens is 396 g/mol. The smallest absolute Gasteiger partial charge is 0.287 e. The first-order chi connectivity index (χ1) is 14.0. The van der Waals surface area contributed by atoms with Gasteiger partial charge in [0, 0.05) is 25.8 Å². The van der Waals surface area contributed by atoms with Crippen molar-refractivity contribution in [2.24, 2.45) is 0 Å². The predicted molar refractivity (Wildman–Crippen MR) is 103 cm³/mol. The first-order valence-corrected chi connectivity index (χ1v) is 10.5. The van der Waals surface area contributed by atoms with Crippen molar-refractivity contribution in [2.75, 3.05) is 26.3 Å². The van der Waals surface area contributed by atoms with Crippen LogP contribution in [0.5, 0.6) is 0 Å². The average molecular weight is 416 g/mol. The summed E-state index contributed by atoms with van der Waals surface area (Å²) >= 11 is 0. The standard InChI is InChI=1S/C19H20N4O5S/c24-19(20-13-14-1-3-15(4-2-14)16-7-8-21-22-16)17-5-6-18(28-17)29(25,26)23-9-11-27-12-10-23/h1-8H,9-13H2,(H,20,24)(H,21,22). The van der Waals surface area contributed by atoms with Crippen LogP contribution in [0.3, 0.4) is 0 Å². The molecule has 0 spiro atoms. The minimum atomic E-state index is -3.77. The molecule has 0 atom stereocenters. The number of nitrogens with zero attached hydrogens (tertiary/aromatic N) is 2. The molecule has 3 aromatic rings. The summed E-state index contributed by atoms with van der Waals surface area (Å²) in [4.78, 5) is 12.3. The zero-order valence-electron chi connectivity index (χ0n) is 15.5. The van der Waals surface area contributed by atoms with Gasteiger partial charge in [0.15, 0.2) is 5.76 Å². The molecule has 1 amide bonds. The summed E-state index contributed by atoms with van der Waals surface area (Å²) < 4.78 is 36.9. The molecule has 1 saturated heterocycles. The molecule has 0 bridgehead atoms. The highest BCUT2D eigenvalue weighted by molar-refractivity contribution is 7.89. The van der Waals surface area contributed by atoms with Crippen molar-refractivity contribution in [3.05, 3.63) is 60.0 Å². The Hall–Kier alpha value is -2.95. The van der Waals surface area contributed by atoms with Crippen molar-refractivity contribution < 1.29 is 22.4 Å². The summed E-state index contributed by atoms with van der Waals surface area (Å²) in [5.41, 5.74) is 2.79. The highest BCUT2D eigenvalue weighted by Gasteiger charge is 2.30. The Labute approximate surface area is 167 Å². The van der Waals surface area contributed by atoms with Crippen LogP contribution >= 0.6 is 0 Å². The van der Waals surface area contributed by atoms with Gasteiger partial charge in [-0.15, -0.1) is 0 Å². The van der Waals surface area contributed by atoms with Gasteiger partial charge in [-0.1, -0.05) is 24.3 Å². The lowest BCUT2D eigenvalue weighted by Gasteiger charge is -2.24. The molecule has 152 valence electrons. The van der Waals surface area contributed by atoms with Crippen molar-refractivity contribution in [2.45, 2.75) is 11.6 Å². The van der Waals surface area contributed by atoms with Crippen LogP contribution in [0.1, 0.15) is 16.1 Å². The van der Waals surface area contributed by atoms with Gasteiger partial charge in [-0.05, 0) is 29.3 Å². The van der Waals surface area contributed by atoms with Crippen LogP contribution in [0.4, 0.5) is 0 Å². The Morgan fingerprint density at radius 1 is 1.10 bits per heavy atom. The second-order valence-electron chi connectivity index (χ2n) is 6.49. The number of H-pyrrole nitrogens is 1. The topological polar surface area (TPSA) is 118 Å². The van der Waals surface area contributed by atoms with E-state index >= 15 is 0 Å². The molecule has 0 aliphatic carbocycles. The molecule has 10 heteroatoms. The molecule has 9 nitrogen and oxygen atoms in total. The van der Waals surface area contributed by atoms with E-state index in [9.17, 15) is 13.2 Å². The van der Waals surface area contributed by atoms with Crippen LogP contribution in [-0.4, -0.2) is 55.1 Å². The number of sulfonamides is 1. The van der Waals surface area contributed by atoms with Gasteiger partial charge in [0.25, 0.3) is 15.9 Å². The van der Waals surface area contributed by atoms with Crippen molar-refractivity contribution in [3.63, 3.8) is 0 Å². The second-order valence-corrected chi connectivity index (χ2v) is 8.35. The molecule has 2 N–H and O–H groups in total. The van der Waals surface area contributed by atoms with E-state index in [4.69, 9.17) is 9.15 Å². The van der Waals surface area contributed by atoms with Crippen molar-refractivity contribution in [3.8, 4) is 11.3 Å². The van der Waals surface area contributed by atoms with Crippen molar-refractivity contribution in [1.82, 2.24) is 19.8 Å². The molecule has 4 rings (SSSR count). The third-order valence-corrected chi connectivity index (χ3v) is 6.36. The summed E-state index contributed by atoms with van der Waals surface area (Å²) in [5, 5.41) is 9.30. The van der Waals surface area contributed by atoms with Crippen LogP contribution in [0.15, 0.2) is 58.2 Å². The highest BCUT2D eigenvalue weighted by atomic mass is 32.2. The molecule has 1 fully saturated rings. The largest absolute Gasteiger partial charge is 0.438 e.